The molecule has 2 rings (SSSR count). The Hall–Kier alpha value is -1.58. The smallest absolute Gasteiger partial charge is 0.143 e. The predicted octanol–water partition coefficient (Wildman–Crippen LogP) is 3.13. The lowest BCUT2D eigenvalue weighted by Crippen LogP contribution is -2.05. The molecule has 94 valence electrons. The highest BCUT2D eigenvalue weighted by atomic mass is 35.5. The molecule has 0 saturated carbocycles. The van der Waals surface area contributed by atoms with E-state index in [4.69, 9.17) is 16.3 Å². The zero-order valence-corrected chi connectivity index (χ0v) is 11.0. The molecule has 1 aromatic heterocycles. The van der Waals surface area contributed by atoms with Gasteiger partial charge in [0.2, 0.25) is 0 Å². The number of rotatable bonds is 3. The molecule has 0 radical (unpaired) electrons. The lowest BCUT2D eigenvalue weighted by atomic mass is 10.0. The van der Waals surface area contributed by atoms with Crippen molar-refractivity contribution in [3.05, 3.63) is 58.4 Å². The molecule has 0 bridgehead atoms. The summed E-state index contributed by atoms with van der Waals surface area (Å²) < 4.78 is 5.19. The van der Waals surface area contributed by atoms with Crippen molar-refractivity contribution in [1.29, 1.82) is 0 Å². The molecule has 4 heteroatoms. The van der Waals surface area contributed by atoms with E-state index in [0.29, 0.717) is 16.5 Å². The molecule has 0 amide bonds. The first-order valence-electron chi connectivity index (χ1n) is 5.56. The summed E-state index contributed by atoms with van der Waals surface area (Å²) in [5.74, 6) is 0.567. The first kappa shape index (κ1) is 12.9. The first-order valence-corrected chi connectivity index (χ1v) is 5.94. The minimum absolute atomic E-state index is 0.502. The molecule has 0 aliphatic carbocycles. The van der Waals surface area contributed by atoms with Crippen LogP contribution in [0.5, 0.6) is 5.75 Å². The van der Waals surface area contributed by atoms with Crippen LogP contribution in [0.25, 0.3) is 0 Å². The van der Waals surface area contributed by atoms with Crippen LogP contribution in [-0.2, 0) is 0 Å². The Morgan fingerprint density at radius 1 is 1.33 bits per heavy atom. The molecule has 0 aliphatic heterocycles. The fourth-order valence-electron chi connectivity index (χ4n) is 1.78. The zero-order chi connectivity index (χ0) is 13.1. The van der Waals surface area contributed by atoms with Gasteiger partial charge in [-0.1, -0.05) is 23.7 Å². The maximum Gasteiger partial charge on any atom is 0.143 e. The molecule has 3 nitrogen and oxygen atoms in total. The van der Waals surface area contributed by atoms with E-state index in [0.717, 1.165) is 11.1 Å². The summed E-state index contributed by atoms with van der Waals surface area (Å²) in [7, 11) is 1.56. The van der Waals surface area contributed by atoms with Gasteiger partial charge in [0.15, 0.2) is 0 Å². The Kier molecular flexibility index (Phi) is 3.84. The molecule has 0 spiro atoms. The zero-order valence-electron chi connectivity index (χ0n) is 10.2. The summed E-state index contributed by atoms with van der Waals surface area (Å²) in [5, 5.41) is 11.0. The number of aryl methyl sites for hydroxylation is 1. The van der Waals surface area contributed by atoms with Crippen molar-refractivity contribution < 1.29 is 9.84 Å². The second kappa shape index (κ2) is 5.38. The number of hydrogen-bond donors (Lipinski definition) is 1. The topological polar surface area (TPSA) is 42.4 Å². The third-order valence-electron chi connectivity index (χ3n) is 2.78. The highest BCUT2D eigenvalue weighted by Gasteiger charge is 2.17. The van der Waals surface area contributed by atoms with Crippen LogP contribution < -0.4 is 4.74 Å². The van der Waals surface area contributed by atoms with Gasteiger partial charge in [0.05, 0.1) is 7.11 Å². The highest BCUT2D eigenvalue weighted by molar-refractivity contribution is 6.31. The maximum atomic E-state index is 10.3. The van der Waals surface area contributed by atoms with Gasteiger partial charge in [0.25, 0.3) is 0 Å². The molecular weight excluding hydrogens is 250 g/mol. The number of benzene rings is 1. The van der Waals surface area contributed by atoms with Gasteiger partial charge in [-0.15, -0.1) is 0 Å². The third-order valence-corrected chi connectivity index (χ3v) is 3.20. The Morgan fingerprint density at radius 2 is 2.11 bits per heavy atom. The van der Waals surface area contributed by atoms with Gasteiger partial charge in [0, 0.05) is 11.2 Å². The molecule has 1 atom stereocenters. The molecule has 0 fully saturated rings. The lowest BCUT2D eigenvalue weighted by molar-refractivity contribution is 0.209. The summed E-state index contributed by atoms with van der Waals surface area (Å²) in [4.78, 5) is 4.17. The van der Waals surface area contributed by atoms with Crippen LogP contribution in [0.2, 0.25) is 5.02 Å². The molecule has 1 unspecified atom stereocenters. The molecule has 1 heterocycles. The van der Waals surface area contributed by atoms with Gasteiger partial charge in [-0.05, 0) is 36.2 Å². The molecule has 18 heavy (non-hydrogen) atoms. The van der Waals surface area contributed by atoms with E-state index in [9.17, 15) is 5.11 Å². The summed E-state index contributed by atoms with van der Waals surface area (Å²) >= 11 is 5.97. The van der Waals surface area contributed by atoms with Crippen LogP contribution in [0.1, 0.15) is 22.9 Å². The number of methoxy groups -OCH3 is 1. The Morgan fingerprint density at radius 3 is 2.78 bits per heavy atom. The van der Waals surface area contributed by atoms with Crippen LogP contribution in [0.3, 0.4) is 0 Å². The fourth-order valence-corrected chi connectivity index (χ4v) is 1.89. The van der Waals surface area contributed by atoms with Gasteiger partial charge < -0.3 is 9.84 Å². The normalized spacial score (nSPS) is 12.2. The SMILES string of the molecule is COc1cccnc1C(O)c1ccc(Cl)c(C)c1. The van der Waals surface area contributed by atoms with Crippen molar-refractivity contribution in [2.75, 3.05) is 7.11 Å². The van der Waals surface area contributed by atoms with E-state index in [-0.39, 0.29) is 0 Å². The van der Waals surface area contributed by atoms with Crippen LogP contribution >= 0.6 is 11.6 Å². The quantitative estimate of drug-likeness (QED) is 0.925. The van der Waals surface area contributed by atoms with E-state index in [1.54, 1.807) is 37.6 Å². The number of ether oxygens (including phenoxy) is 1. The van der Waals surface area contributed by atoms with Crippen LogP contribution in [0.4, 0.5) is 0 Å². The average Bonchev–Trinajstić information content (AvgIpc) is 2.41. The predicted molar refractivity (Wildman–Crippen MR) is 71.0 cm³/mol. The summed E-state index contributed by atoms with van der Waals surface area (Å²) in [6.45, 7) is 1.90. The number of aromatic nitrogens is 1. The highest BCUT2D eigenvalue weighted by Crippen LogP contribution is 2.29. The van der Waals surface area contributed by atoms with E-state index in [2.05, 4.69) is 4.98 Å². The number of pyridine rings is 1. The monoisotopic (exact) mass is 263 g/mol. The Bertz CT molecular complexity index is 557. The minimum atomic E-state index is -0.822. The molecule has 0 saturated heterocycles. The fraction of sp³-hybridized carbons (Fsp3) is 0.214. The number of aliphatic hydroxyl groups excluding tert-OH is 1. The molecule has 1 aromatic carbocycles. The standard InChI is InChI=1S/C14H14ClNO2/c1-9-8-10(5-6-11(9)15)14(17)13-12(18-2)4-3-7-16-13/h3-8,14,17H,1-2H3. The largest absolute Gasteiger partial charge is 0.495 e. The van der Waals surface area contributed by atoms with Crippen molar-refractivity contribution in [3.8, 4) is 5.75 Å². The lowest BCUT2D eigenvalue weighted by Gasteiger charge is -2.14. The van der Waals surface area contributed by atoms with Crippen molar-refractivity contribution in [2.45, 2.75) is 13.0 Å². The summed E-state index contributed by atoms with van der Waals surface area (Å²) in [6, 6.07) is 8.94. The van der Waals surface area contributed by atoms with Crippen LogP contribution in [-0.4, -0.2) is 17.2 Å². The Labute approximate surface area is 111 Å². The van der Waals surface area contributed by atoms with E-state index in [1.165, 1.54) is 0 Å². The third kappa shape index (κ3) is 2.47. The number of hydrogen-bond acceptors (Lipinski definition) is 3. The van der Waals surface area contributed by atoms with Gasteiger partial charge in [-0.25, -0.2) is 0 Å². The van der Waals surface area contributed by atoms with E-state index >= 15 is 0 Å². The maximum absolute atomic E-state index is 10.3. The molecular formula is C14H14ClNO2. The van der Waals surface area contributed by atoms with Gasteiger partial charge in [-0.2, -0.15) is 0 Å². The van der Waals surface area contributed by atoms with Crippen molar-refractivity contribution >= 4 is 11.6 Å². The molecule has 1 N–H and O–H groups in total. The minimum Gasteiger partial charge on any atom is -0.495 e. The second-order valence-electron chi connectivity index (χ2n) is 4.00. The van der Waals surface area contributed by atoms with Gasteiger partial charge >= 0.3 is 0 Å². The Balaban J connectivity index is 2.41. The van der Waals surface area contributed by atoms with E-state index < -0.39 is 6.10 Å². The number of aliphatic hydroxyl groups is 1. The van der Waals surface area contributed by atoms with Crippen molar-refractivity contribution in [1.82, 2.24) is 4.98 Å². The van der Waals surface area contributed by atoms with Crippen molar-refractivity contribution in [3.63, 3.8) is 0 Å². The number of nitrogens with zero attached hydrogens (tertiary/aromatic N) is 1. The molecule has 2 aromatic rings. The van der Waals surface area contributed by atoms with Crippen LogP contribution in [0, 0.1) is 6.92 Å². The van der Waals surface area contributed by atoms with Crippen molar-refractivity contribution in [2.24, 2.45) is 0 Å². The first-order chi connectivity index (χ1) is 8.63. The van der Waals surface area contributed by atoms with Gasteiger partial charge in [-0.3, -0.25) is 4.98 Å². The second-order valence-corrected chi connectivity index (χ2v) is 4.41. The average molecular weight is 264 g/mol. The summed E-state index contributed by atoms with van der Waals surface area (Å²) in [6.07, 6.45) is 0.807. The summed E-state index contributed by atoms with van der Waals surface area (Å²) in [5.41, 5.74) is 2.17. The van der Waals surface area contributed by atoms with Gasteiger partial charge in [0.1, 0.15) is 17.5 Å². The number of halogens is 1. The molecule has 0 aliphatic rings. The van der Waals surface area contributed by atoms with E-state index in [1.807, 2.05) is 13.0 Å². The van der Waals surface area contributed by atoms with Crippen LogP contribution in [0.15, 0.2) is 36.5 Å².